The number of nitrogens with one attached hydrogen (secondary N) is 1. The molecule has 2 heterocycles. The van der Waals surface area contributed by atoms with Crippen molar-refractivity contribution in [1.29, 1.82) is 0 Å². The van der Waals surface area contributed by atoms with Crippen molar-refractivity contribution in [3.8, 4) is 0 Å². The predicted molar refractivity (Wildman–Crippen MR) is 98.0 cm³/mol. The van der Waals surface area contributed by atoms with Crippen molar-refractivity contribution in [3.63, 3.8) is 0 Å². The molecule has 1 N–H and O–H groups in total. The first-order valence-electron chi connectivity index (χ1n) is 10.2. The van der Waals surface area contributed by atoms with E-state index in [0.717, 1.165) is 59.2 Å². The molecule has 7 heteroatoms. The van der Waals surface area contributed by atoms with Crippen LogP contribution in [0.5, 0.6) is 0 Å². The van der Waals surface area contributed by atoms with Gasteiger partial charge in [0.15, 0.2) is 5.82 Å². The molecule has 2 aromatic heterocycles. The van der Waals surface area contributed by atoms with Gasteiger partial charge in [0.05, 0.1) is 0 Å². The highest BCUT2D eigenvalue weighted by atomic mass is 32.1. The Hall–Kier alpha value is -1.50. The summed E-state index contributed by atoms with van der Waals surface area (Å²) in [5.41, 5.74) is -0.0464. The third-order valence-corrected chi connectivity index (χ3v) is 8.10. The molecule has 6 nitrogen and oxygen atoms in total. The molecule has 0 radical (unpaired) electrons. The number of rotatable bonds is 5. The van der Waals surface area contributed by atoms with Crippen LogP contribution in [0, 0.1) is 23.2 Å². The van der Waals surface area contributed by atoms with E-state index in [2.05, 4.69) is 20.6 Å². The fourth-order valence-corrected chi connectivity index (χ4v) is 7.07. The summed E-state index contributed by atoms with van der Waals surface area (Å²) >= 11 is 1.60. The smallest absolute Gasteiger partial charge is 0.234 e. The summed E-state index contributed by atoms with van der Waals surface area (Å²) in [6, 6.07) is 0. The molecule has 0 saturated heterocycles. The van der Waals surface area contributed by atoms with Crippen molar-refractivity contribution in [1.82, 2.24) is 25.1 Å². The fourth-order valence-electron chi connectivity index (χ4n) is 6.23. The number of aromatic nitrogens is 4. The molecule has 138 valence electrons. The molecule has 0 atom stereocenters. The topological polar surface area (TPSA) is 72.2 Å². The zero-order valence-electron chi connectivity index (χ0n) is 15.0. The Morgan fingerprint density at radius 1 is 1.12 bits per heavy atom. The van der Waals surface area contributed by atoms with E-state index in [-0.39, 0.29) is 5.41 Å². The monoisotopic (exact) mass is 371 g/mol. The van der Waals surface area contributed by atoms with E-state index in [9.17, 15) is 4.79 Å². The van der Waals surface area contributed by atoms with Gasteiger partial charge in [-0.3, -0.25) is 4.79 Å². The molecule has 0 unspecified atom stereocenters. The summed E-state index contributed by atoms with van der Waals surface area (Å²) in [7, 11) is 0. The molecule has 4 bridgehead atoms. The summed E-state index contributed by atoms with van der Waals surface area (Å²) in [4.78, 5) is 13.9. The fraction of sp³-hybridized carbons (Fsp3) is 0.789. The van der Waals surface area contributed by atoms with Crippen LogP contribution in [0.25, 0.3) is 4.96 Å². The van der Waals surface area contributed by atoms with Crippen molar-refractivity contribution in [2.45, 2.75) is 63.7 Å². The van der Waals surface area contributed by atoms with Gasteiger partial charge in [0.25, 0.3) is 0 Å². The quantitative estimate of drug-likeness (QED) is 0.877. The molecular weight excluding hydrogens is 346 g/mol. The van der Waals surface area contributed by atoms with Gasteiger partial charge >= 0.3 is 0 Å². The van der Waals surface area contributed by atoms with Gasteiger partial charge in [0.2, 0.25) is 10.9 Å². The zero-order chi connectivity index (χ0) is 17.3. The Bertz CT molecular complexity index is 831. The minimum absolute atomic E-state index is 0.0464. The molecule has 5 aliphatic rings. The molecule has 0 spiro atoms. The van der Waals surface area contributed by atoms with Crippen LogP contribution in [0.3, 0.4) is 0 Å². The van der Waals surface area contributed by atoms with Crippen molar-refractivity contribution in [2.75, 3.05) is 6.54 Å². The second kappa shape index (κ2) is 5.50. The summed E-state index contributed by atoms with van der Waals surface area (Å²) in [6.45, 7) is 0.684. The minimum atomic E-state index is -0.0464. The van der Waals surface area contributed by atoms with Gasteiger partial charge in [-0.1, -0.05) is 11.3 Å². The largest absolute Gasteiger partial charge is 0.355 e. The number of amides is 1. The van der Waals surface area contributed by atoms with Gasteiger partial charge in [-0.05, 0) is 69.1 Å². The normalized spacial score (nSPS) is 35.3. The number of carbonyl (C=O) groups excluding carboxylic acids is 1. The van der Waals surface area contributed by atoms with Gasteiger partial charge in [0.1, 0.15) is 5.01 Å². The minimum Gasteiger partial charge on any atom is -0.355 e. The lowest BCUT2D eigenvalue weighted by Crippen LogP contribution is -2.53. The Labute approximate surface area is 156 Å². The molecule has 0 aliphatic heterocycles. The number of nitrogens with zero attached hydrogens (tertiary/aromatic N) is 4. The van der Waals surface area contributed by atoms with Crippen LogP contribution < -0.4 is 5.32 Å². The van der Waals surface area contributed by atoms with Crippen LogP contribution in [0.2, 0.25) is 0 Å². The summed E-state index contributed by atoms with van der Waals surface area (Å²) in [5.74, 6) is 4.32. The molecule has 2 aromatic rings. The standard InChI is InChI=1S/C19H25N5OS/c25-17(19-8-11-5-12(9-19)7-13(6-11)10-19)20-4-3-15-23-24-16(14-1-2-14)21-22-18(24)26-15/h11-14H,1-10H2,(H,20,25). The lowest BCUT2D eigenvalue weighted by atomic mass is 9.49. The van der Waals surface area contributed by atoms with Crippen molar-refractivity contribution >= 4 is 22.2 Å². The van der Waals surface area contributed by atoms with Gasteiger partial charge in [-0.15, -0.1) is 10.2 Å². The van der Waals surface area contributed by atoms with E-state index < -0.39 is 0 Å². The molecule has 5 aliphatic carbocycles. The average molecular weight is 372 g/mol. The van der Waals surface area contributed by atoms with Crippen LogP contribution in [0.15, 0.2) is 0 Å². The number of carbonyl (C=O) groups is 1. The lowest BCUT2D eigenvalue weighted by Gasteiger charge is -2.55. The summed E-state index contributed by atoms with van der Waals surface area (Å²) < 4.78 is 1.92. The maximum atomic E-state index is 13.0. The van der Waals surface area contributed by atoms with Crippen molar-refractivity contribution in [2.24, 2.45) is 23.2 Å². The van der Waals surface area contributed by atoms with Crippen LogP contribution >= 0.6 is 11.3 Å². The van der Waals surface area contributed by atoms with Crippen LogP contribution in [-0.2, 0) is 11.2 Å². The van der Waals surface area contributed by atoms with Crippen LogP contribution in [0.4, 0.5) is 0 Å². The van der Waals surface area contributed by atoms with E-state index in [0.29, 0.717) is 18.4 Å². The maximum absolute atomic E-state index is 13.0. The Morgan fingerprint density at radius 2 is 1.81 bits per heavy atom. The summed E-state index contributed by atoms with van der Waals surface area (Å²) in [5, 5.41) is 17.5. The third kappa shape index (κ3) is 2.42. The first-order chi connectivity index (χ1) is 12.7. The van der Waals surface area contributed by atoms with Gasteiger partial charge < -0.3 is 5.32 Å². The molecule has 7 rings (SSSR count). The van der Waals surface area contributed by atoms with E-state index in [1.54, 1.807) is 11.3 Å². The maximum Gasteiger partial charge on any atom is 0.234 e. The summed E-state index contributed by atoms with van der Waals surface area (Å²) in [6.07, 6.45) is 10.7. The lowest BCUT2D eigenvalue weighted by molar-refractivity contribution is -0.146. The number of fused-ring (bicyclic) bond motifs is 1. The second-order valence-corrected chi connectivity index (χ2v) is 10.3. The van der Waals surface area contributed by atoms with Gasteiger partial charge in [-0.2, -0.15) is 9.61 Å². The second-order valence-electron chi connectivity index (χ2n) is 9.23. The first-order valence-corrected chi connectivity index (χ1v) is 11.0. The molecule has 5 fully saturated rings. The van der Waals surface area contributed by atoms with E-state index >= 15 is 0 Å². The van der Waals surface area contributed by atoms with Crippen LogP contribution in [0.1, 0.15) is 68.1 Å². The Balaban J connectivity index is 1.11. The molecule has 0 aromatic carbocycles. The Kier molecular flexibility index (Phi) is 3.29. The number of hydrogen-bond acceptors (Lipinski definition) is 5. The first kappa shape index (κ1) is 15.5. The van der Waals surface area contributed by atoms with Gasteiger partial charge in [-0.25, -0.2) is 0 Å². The highest BCUT2D eigenvalue weighted by Gasteiger charge is 2.54. The molecule has 26 heavy (non-hydrogen) atoms. The van der Waals surface area contributed by atoms with Gasteiger partial charge in [0, 0.05) is 24.3 Å². The molecule has 5 saturated carbocycles. The number of hydrogen-bond donors (Lipinski definition) is 1. The highest BCUT2D eigenvalue weighted by molar-refractivity contribution is 7.16. The van der Waals surface area contributed by atoms with Crippen molar-refractivity contribution < 1.29 is 4.79 Å². The zero-order valence-corrected chi connectivity index (χ0v) is 15.8. The Morgan fingerprint density at radius 3 is 2.46 bits per heavy atom. The third-order valence-electron chi connectivity index (χ3n) is 7.14. The van der Waals surface area contributed by atoms with Crippen LogP contribution in [-0.4, -0.2) is 32.3 Å². The SMILES string of the molecule is O=C(NCCc1nn2c(C3CC3)nnc2s1)C12CC3CC(CC(C3)C1)C2. The van der Waals surface area contributed by atoms with E-state index in [4.69, 9.17) is 0 Å². The molecular formula is C19H25N5OS. The average Bonchev–Trinajstić information content (AvgIpc) is 3.24. The predicted octanol–water partition coefficient (Wildman–Crippen LogP) is 2.94. The van der Waals surface area contributed by atoms with E-state index in [1.165, 1.54) is 32.1 Å². The van der Waals surface area contributed by atoms with E-state index in [1.807, 2.05) is 4.52 Å². The highest BCUT2D eigenvalue weighted by Crippen LogP contribution is 2.60. The molecule has 1 amide bonds. The van der Waals surface area contributed by atoms with Crippen molar-refractivity contribution in [3.05, 3.63) is 10.8 Å².